The number of nitrogens with one attached hydrogen (secondary N) is 1. The van der Waals surface area contributed by atoms with Gasteiger partial charge in [-0.1, -0.05) is 6.92 Å². The Balaban J connectivity index is 1.64. The van der Waals surface area contributed by atoms with E-state index in [4.69, 9.17) is 4.42 Å². The topological polar surface area (TPSA) is 48.7 Å². The van der Waals surface area contributed by atoms with E-state index in [2.05, 4.69) is 24.2 Å². The van der Waals surface area contributed by atoms with Crippen LogP contribution in [0.4, 0.5) is 14.9 Å². The van der Waals surface area contributed by atoms with Gasteiger partial charge in [0.05, 0.1) is 12.0 Å². The first-order chi connectivity index (χ1) is 12.1. The minimum Gasteiger partial charge on any atom is -0.464 e. The molecule has 1 aliphatic heterocycles. The SMILES string of the molecule is CCN(C)C[C@@H]1CCN(C(=O)Nc2cc(-c3ccco3)ccc2F)C1. The number of likely N-dealkylation sites (tertiary alicyclic amines) is 1. The third-order valence-corrected chi connectivity index (χ3v) is 4.70. The first-order valence-electron chi connectivity index (χ1n) is 8.64. The van der Waals surface area contributed by atoms with E-state index in [1.54, 1.807) is 35.4 Å². The second-order valence-corrected chi connectivity index (χ2v) is 6.56. The van der Waals surface area contributed by atoms with Gasteiger partial charge in [-0.25, -0.2) is 9.18 Å². The number of rotatable bonds is 5. The van der Waals surface area contributed by atoms with Crippen LogP contribution in [0.3, 0.4) is 0 Å². The Hall–Kier alpha value is -2.34. The molecule has 1 fully saturated rings. The van der Waals surface area contributed by atoms with Crippen LogP contribution in [0.25, 0.3) is 11.3 Å². The van der Waals surface area contributed by atoms with Gasteiger partial charge in [0.2, 0.25) is 0 Å². The van der Waals surface area contributed by atoms with Gasteiger partial charge in [-0.2, -0.15) is 0 Å². The molecule has 0 saturated carbocycles. The molecule has 1 atom stereocenters. The monoisotopic (exact) mass is 345 g/mol. The van der Waals surface area contributed by atoms with E-state index in [0.29, 0.717) is 24.8 Å². The number of hydrogen-bond acceptors (Lipinski definition) is 3. The van der Waals surface area contributed by atoms with Gasteiger partial charge in [-0.05, 0) is 56.3 Å². The molecule has 2 heterocycles. The number of amides is 2. The summed E-state index contributed by atoms with van der Waals surface area (Å²) in [5.74, 6) is 0.652. The summed E-state index contributed by atoms with van der Waals surface area (Å²) in [5, 5.41) is 2.70. The second kappa shape index (κ2) is 7.70. The van der Waals surface area contributed by atoms with Crippen LogP contribution >= 0.6 is 0 Å². The summed E-state index contributed by atoms with van der Waals surface area (Å²) in [6, 6.07) is 7.90. The summed E-state index contributed by atoms with van der Waals surface area (Å²) in [6.45, 7) is 5.49. The third kappa shape index (κ3) is 4.20. The highest BCUT2D eigenvalue weighted by molar-refractivity contribution is 5.90. The molecule has 0 radical (unpaired) electrons. The summed E-state index contributed by atoms with van der Waals surface area (Å²) in [4.78, 5) is 16.5. The number of carbonyl (C=O) groups excluding carboxylic acids is 1. The predicted molar refractivity (Wildman–Crippen MR) is 96.0 cm³/mol. The van der Waals surface area contributed by atoms with Gasteiger partial charge < -0.3 is 19.5 Å². The summed E-state index contributed by atoms with van der Waals surface area (Å²) < 4.78 is 19.4. The molecule has 1 N–H and O–H groups in total. The van der Waals surface area contributed by atoms with Crippen LogP contribution < -0.4 is 5.32 Å². The molecule has 3 rings (SSSR count). The van der Waals surface area contributed by atoms with Gasteiger partial charge in [0, 0.05) is 25.2 Å². The fraction of sp³-hybridized carbons (Fsp3) is 0.421. The highest BCUT2D eigenvalue weighted by atomic mass is 19.1. The van der Waals surface area contributed by atoms with Crippen LogP contribution in [0.2, 0.25) is 0 Å². The summed E-state index contributed by atoms with van der Waals surface area (Å²) in [7, 11) is 2.08. The van der Waals surface area contributed by atoms with E-state index >= 15 is 0 Å². The van der Waals surface area contributed by atoms with Gasteiger partial charge >= 0.3 is 6.03 Å². The molecule has 0 aliphatic carbocycles. The van der Waals surface area contributed by atoms with Crippen molar-refractivity contribution in [3.63, 3.8) is 0 Å². The summed E-state index contributed by atoms with van der Waals surface area (Å²) in [5.41, 5.74) is 0.901. The number of halogens is 1. The van der Waals surface area contributed by atoms with Crippen molar-refractivity contribution in [2.45, 2.75) is 13.3 Å². The van der Waals surface area contributed by atoms with E-state index < -0.39 is 5.82 Å². The molecule has 0 unspecified atom stereocenters. The van der Waals surface area contributed by atoms with E-state index in [0.717, 1.165) is 25.1 Å². The van der Waals surface area contributed by atoms with Gasteiger partial charge in [-0.15, -0.1) is 0 Å². The number of urea groups is 1. The Kier molecular flexibility index (Phi) is 5.38. The van der Waals surface area contributed by atoms with Crippen molar-refractivity contribution in [3.8, 4) is 11.3 Å². The molecule has 25 heavy (non-hydrogen) atoms. The van der Waals surface area contributed by atoms with Crippen LogP contribution in [-0.4, -0.2) is 49.1 Å². The predicted octanol–water partition coefficient (Wildman–Crippen LogP) is 3.89. The Morgan fingerprint density at radius 3 is 3.00 bits per heavy atom. The molecule has 1 aromatic heterocycles. The minimum atomic E-state index is -0.454. The Labute approximate surface area is 147 Å². The maximum Gasteiger partial charge on any atom is 0.321 e. The average Bonchev–Trinajstić information content (AvgIpc) is 3.28. The smallest absolute Gasteiger partial charge is 0.321 e. The maximum atomic E-state index is 14.1. The maximum absolute atomic E-state index is 14.1. The highest BCUT2D eigenvalue weighted by Gasteiger charge is 2.27. The molecule has 5 nitrogen and oxygen atoms in total. The van der Waals surface area contributed by atoms with Crippen molar-refractivity contribution in [1.82, 2.24) is 9.80 Å². The third-order valence-electron chi connectivity index (χ3n) is 4.70. The first kappa shape index (κ1) is 17.5. The van der Waals surface area contributed by atoms with Crippen LogP contribution in [0.5, 0.6) is 0 Å². The Bertz CT molecular complexity index is 717. The lowest BCUT2D eigenvalue weighted by molar-refractivity contribution is 0.218. The fourth-order valence-electron chi connectivity index (χ4n) is 3.15. The van der Waals surface area contributed by atoms with Crippen molar-refractivity contribution in [2.75, 3.05) is 38.5 Å². The number of furan rings is 1. The van der Waals surface area contributed by atoms with Crippen LogP contribution in [0, 0.1) is 11.7 Å². The number of carbonyl (C=O) groups is 1. The molecular weight excluding hydrogens is 321 g/mol. The van der Waals surface area contributed by atoms with Crippen LogP contribution in [-0.2, 0) is 0 Å². The van der Waals surface area contributed by atoms with Gasteiger partial charge in [0.1, 0.15) is 11.6 Å². The molecule has 0 bridgehead atoms. The van der Waals surface area contributed by atoms with E-state index in [9.17, 15) is 9.18 Å². The van der Waals surface area contributed by atoms with Crippen molar-refractivity contribution >= 4 is 11.7 Å². The standard InChI is InChI=1S/C19H24FN3O2/c1-3-22(2)12-14-8-9-23(13-14)19(24)21-17-11-15(6-7-16(17)20)18-5-4-10-25-18/h4-7,10-11,14H,3,8-9,12-13H2,1-2H3,(H,21,24)/t14-/m0/s1. The average molecular weight is 345 g/mol. The van der Waals surface area contributed by atoms with Crippen LogP contribution in [0.15, 0.2) is 41.0 Å². The second-order valence-electron chi connectivity index (χ2n) is 6.56. The van der Waals surface area contributed by atoms with Gasteiger partial charge in [0.15, 0.2) is 0 Å². The van der Waals surface area contributed by atoms with Gasteiger partial charge in [0.25, 0.3) is 0 Å². The lowest BCUT2D eigenvalue weighted by atomic mass is 10.1. The fourth-order valence-corrected chi connectivity index (χ4v) is 3.15. The van der Waals surface area contributed by atoms with E-state index in [1.165, 1.54) is 6.07 Å². The highest BCUT2D eigenvalue weighted by Crippen LogP contribution is 2.26. The molecule has 134 valence electrons. The zero-order valence-electron chi connectivity index (χ0n) is 14.7. The van der Waals surface area contributed by atoms with Crippen molar-refractivity contribution in [1.29, 1.82) is 0 Å². The lowest BCUT2D eigenvalue weighted by Crippen LogP contribution is -2.34. The quantitative estimate of drug-likeness (QED) is 0.894. The largest absolute Gasteiger partial charge is 0.464 e. The normalized spacial score (nSPS) is 17.3. The lowest BCUT2D eigenvalue weighted by Gasteiger charge is -2.20. The number of anilines is 1. The van der Waals surface area contributed by atoms with Gasteiger partial charge in [-0.3, -0.25) is 0 Å². The zero-order valence-corrected chi connectivity index (χ0v) is 14.7. The molecule has 1 aromatic carbocycles. The molecule has 0 spiro atoms. The number of nitrogens with zero attached hydrogens (tertiary/aromatic N) is 2. The molecular formula is C19H24FN3O2. The van der Waals surface area contributed by atoms with E-state index in [1.807, 2.05) is 0 Å². The Morgan fingerprint density at radius 2 is 2.28 bits per heavy atom. The summed E-state index contributed by atoms with van der Waals surface area (Å²) >= 11 is 0. The number of hydrogen-bond donors (Lipinski definition) is 1. The first-order valence-corrected chi connectivity index (χ1v) is 8.64. The molecule has 2 amide bonds. The number of benzene rings is 1. The van der Waals surface area contributed by atoms with Crippen molar-refractivity contribution in [2.24, 2.45) is 5.92 Å². The van der Waals surface area contributed by atoms with Crippen molar-refractivity contribution < 1.29 is 13.6 Å². The minimum absolute atomic E-state index is 0.174. The molecule has 1 aliphatic rings. The summed E-state index contributed by atoms with van der Waals surface area (Å²) in [6.07, 6.45) is 2.54. The van der Waals surface area contributed by atoms with Crippen molar-refractivity contribution in [3.05, 3.63) is 42.4 Å². The zero-order chi connectivity index (χ0) is 17.8. The molecule has 2 aromatic rings. The molecule has 6 heteroatoms. The molecule has 1 saturated heterocycles. The van der Waals surface area contributed by atoms with Crippen LogP contribution in [0.1, 0.15) is 13.3 Å². The Morgan fingerprint density at radius 1 is 1.44 bits per heavy atom. The van der Waals surface area contributed by atoms with E-state index in [-0.39, 0.29) is 11.7 Å².